The second-order valence-corrected chi connectivity index (χ2v) is 7.90. The zero-order chi connectivity index (χ0) is 16.5. The number of benzene rings is 1. The summed E-state index contributed by atoms with van der Waals surface area (Å²) in [6, 6.07) is 4.80. The van der Waals surface area contributed by atoms with Crippen LogP contribution >= 0.6 is 12.4 Å². The highest BCUT2D eigenvalue weighted by Gasteiger charge is 2.65. The van der Waals surface area contributed by atoms with Crippen molar-refractivity contribution in [2.45, 2.75) is 49.3 Å². The molecule has 5 nitrogen and oxygen atoms in total. The molecular weight excluding hydrogens is 340 g/mol. The number of nitrogens with zero attached hydrogens (tertiary/aromatic N) is 1. The zero-order valence-corrected chi connectivity index (χ0v) is 15.4. The molecule has 138 valence electrons. The number of likely N-dealkylation sites (tertiary alicyclic amines) is 1. The van der Waals surface area contributed by atoms with Crippen molar-refractivity contribution in [1.29, 1.82) is 0 Å². The monoisotopic (exact) mass is 366 g/mol. The first kappa shape index (κ1) is 17.4. The van der Waals surface area contributed by atoms with E-state index in [2.05, 4.69) is 18.0 Å². The number of halogens is 1. The summed E-state index contributed by atoms with van der Waals surface area (Å²) in [7, 11) is 2.25. The SMILES string of the molecule is CN1CC[C@]23c4c5ccc(OCCN)c4O[C@H]2[C@@H](O)CC[C@H]3[C@H]1C5.Cl. The molecule has 1 saturated heterocycles. The molecular formula is C19H27ClN2O3. The average molecular weight is 367 g/mol. The van der Waals surface area contributed by atoms with Crippen LogP contribution in [0, 0.1) is 5.92 Å². The third kappa shape index (κ3) is 2.13. The molecule has 2 bridgehead atoms. The molecule has 1 saturated carbocycles. The Bertz CT molecular complexity index is 685. The normalized spacial score (nSPS) is 37.7. The molecule has 1 spiro atoms. The predicted octanol–water partition coefficient (Wildman–Crippen LogP) is 1.48. The number of ether oxygens (including phenoxy) is 2. The van der Waals surface area contributed by atoms with E-state index < -0.39 is 0 Å². The molecule has 5 atom stereocenters. The van der Waals surface area contributed by atoms with E-state index in [-0.39, 0.29) is 30.0 Å². The van der Waals surface area contributed by atoms with Gasteiger partial charge in [-0.3, -0.25) is 0 Å². The fraction of sp³-hybridized carbons (Fsp3) is 0.684. The van der Waals surface area contributed by atoms with Crippen LogP contribution in [0.15, 0.2) is 12.1 Å². The molecule has 6 heteroatoms. The highest BCUT2D eigenvalue weighted by Crippen LogP contribution is 2.63. The van der Waals surface area contributed by atoms with E-state index in [4.69, 9.17) is 15.2 Å². The predicted molar refractivity (Wildman–Crippen MR) is 97.8 cm³/mol. The van der Waals surface area contributed by atoms with E-state index in [0.717, 1.165) is 43.7 Å². The van der Waals surface area contributed by atoms with Crippen LogP contribution in [0.5, 0.6) is 11.5 Å². The molecule has 1 aromatic carbocycles. The van der Waals surface area contributed by atoms with Gasteiger partial charge in [0.05, 0.1) is 6.10 Å². The summed E-state index contributed by atoms with van der Waals surface area (Å²) < 4.78 is 12.3. The summed E-state index contributed by atoms with van der Waals surface area (Å²) >= 11 is 0. The number of aliphatic hydroxyl groups excluding tert-OH is 1. The van der Waals surface area contributed by atoms with Crippen molar-refractivity contribution in [1.82, 2.24) is 4.90 Å². The largest absolute Gasteiger partial charge is 0.488 e. The summed E-state index contributed by atoms with van der Waals surface area (Å²) in [4.78, 5) is 2.52. The Kier molecular flexibility index (Phi) is 4.19. The number of nitrogens with two attached hydrogens (primary N) is 1. The first-order valence-corrected chi connectivity index (χ1v) is 9.21. The maximum Gasteiger partial charge on any atom is 0.165 e. The minimum Gasteiger partial charge on any atom is -0.488 e. The molecule has 2 aliphatic carbocycles. The van der Waals surface area contributed by atoms with Crippen LogP contribution in [0.25, 0.3) is 0 Å². The van der Waals surface area contributed by atoms with Gasteiger partial charge in [0.25, 0.3) is 0 Å². The van der Waals surface area contributed by atoms with E-state index in [1.165, 1.54) is 11.1 Å². The molecule has 4 aliphatic rings. The van der Waals surface area contributed by atoms with Gasteiger partial charge in [-0.1, -0.05) is 6.07 Å². The highest BCUT2D eigenvalue weighted by molar-refractivity contribution is 5.85. The van der Waals surface area contributed by atoms with Crippen LogP contribution in [-0.4, -0.2) is 55.0 Å². The third-order valence-corrected chi connectivity index (χ3v) is 6.92. The topological polar surface area (TPSA) is 68.0 Å². The molecule has 0 amide bonds. The molecule has 5 rings (SSSR count). The number of hydrogen-bond donors (Lipinski definition) is 2. The number of hydrogen-bond acceptors (Lipinski definition) is 5. The number of piperidine rings is 1. The molecule has 2 aliphatic heterocycles. The number of rotatable bonds is 3. The first-order valence-electron chi connectivity index (χ1n) is 9.21. The fourth-order valence-electron chi connectivity index (χ4n) is 5.98. The summed E-state index contributed by atoms with van der Waals surface area (Å²) in [6.07, 6.45) is 3.56. The van der Waals surface area contributed by atoms with Crippen molar-refractivity contribution in [3.05, 3.63) is 23.3 Å². The van der Waals surface area contributed by atoms with Gasteiger partial charge in [-0.15, -0.1) is 12.4 Å². The minimum absolute atomic E-state index is 0. The van der Waals surface area contributed by atoms with E-state index in [1.807, 2.05) is 6.07 Å². The Hall–Kier alpha value is -1.01. The Morgan fingerprint density at radius 3 is 3.04 bits per heavy atom. The van der Waals surface area contributed by atoms with E-state index >= 15 is 0 Å². The van der Waals surface area contributed by atoms with E-state index in [0.29, 0.717) is 25.1 Å². The second-order valence-electron chi connectivity index (χ2n) is 7.90. The van der Waals surface area contributed by atoms with Crippen LogP contribution in [0.4, 0.5) is 0 Å². The van der Waals surface area contributed by atoms with Gasteiger partial charge in [-0.05, 0) is 56.8 Å². The minimum atomic E-state index is -0.383. The number of aliphatic hydroxyl groups is 1. The summed E-state index contributed by atoms with van der Waals surface area (Å²) in [5.41, 5.74) is 8.31. The third-order valence-electron chi connectivity index (χ3n) is 6.92. The van der Waals surface area contributed by atoms with Gasteiger partial charge in [-0.25, -0.2) is 0 Å². The standard InChI is InChI=1S/C19H26N2O3.ClH/c1-21-8-6-19-12-3-4-14(22)18(19)24-17-15(23-9-7-20)5-2-11(16(17)19)10-13(12)21;/h2,5,12-14,18,22H,3-4,6-10,20H2,1H3;1H/t12-,13+,14-,18-,19-;/m0./s1. The lowest BCUT2D eigenvalue weighted by molar-refractivity contribution is -0.0993. The van der Waals surface area contributed by atoms with E-state index in [1.54, 1.807) is 0 Å². The maximum atomic E-state index is 10.7. The molecule has 1 aromatic rings. The summed E-state index contributed by atoms with van der Waals surface area (Å²) in [5.74, 6) is 2.26. The van der Waals surface area contributed by atoms with Gasteiger partial charge in [0, 0.05) is 23.6 Å². The van der Waals surface area contributed by atoms with Crippen LogP contribution in [0.1, 0.15) is 30.4 Å². The molecule has 3 N–H and O–H groups in total. The first-order chi connectivity index (χ1) is 11.7. The summed E-state index contributed by atoms with van der Waals surface area (Å²) in [6.45, 7) is 2.05. The lowest BCUT2D eigenvalue weighted by atomic mass is 9.51. The fourth-order valence-corrected chi connectivity index (χ4v) is 5.98. The molecule has 2 heterocycles. The van der Waals surface area contributed by atoms with Gasteiger partial charge < -0.3 is 25.2 Å². The molecule has 25 heavy (non-hydrogen) atoms. The van der Waals surface area contributed by atoms with Crippen LogP contribution in [0.2, 0.25) is 0 Å². The van der Waals surface area contributed by atoms with Gasteiger partial charge in [0.2, 0.25) is 0 Å². The lowest BCUT2D eigenvalue weighted by Gasteiger charge is -2.58. The van der Waals surface area contributed by atoms with Crippen molar-refractivity contribution in [3.8, 4) is 11.5 Å². The Labute approximate surface area is 154 Å². The van der Waals surface area contributed by atoms with Crippen molar-refractivity contribution in [2.24, 2.45) is 11.7 Å². The Morgan fingerprint density at radius 1 is 1.40 bits per heavy atom. The summed E-state index contributed by atoms with van der Waals surface area (Å²) in [5, 5.41) is 10.7. The zero-order valence-electron chi connectivity index (χ0n) is 14.6. The van der Waals surface area contributed by atoms with Gasteiger partial charge in [0.1, 0.15) is 12.7 Å². The Balaban J connectivity index is 0.00000157. The Morgan fingerprint density at radius 2 is 2.24 bits per heavy atom. The van der Waals surface area contributed by atoms with Gasteiger partial charge >= 0.3 is 0 Å². The van der Waals surface area contributed by atoms with Gasteiger partial charge in [-0.2, -0.15) is 0 Å². The maximum absolute atomic E-state index is 10.7. The smallest absolute Gasteiger partial charge is 0.165 e. The average Bonchev–Trinajstić information content (AvgIpc) is 2.94. The molecule has 0 unspecified atom stereocenters. The molecule has 0 aromatic heterocycles. The van der Waals surface area contributed by atoms with Crippen molar-refractivity contribution in [2.75, 3.05) is 26.7 Å². The highest BCUT2D eigenvalue weighted by atomic mass is 35.5. The van der Waals surface area contributed by atoms with Gasteiger partial charge in [0.15, 0.2) is 11.5 Å². The molecule has 0 radical (unpaired) electrons. The van der Waals surface area contributed by atoms with Crippen LogP contribution < -0.4 is 15.2 Å². The number of likely N-dealkylation sites (N-methyl/N-ethyl adjacent to an activating group) is 1. The van der Waals surface area contributed by atoms with Crippen LogP contribution in [0.3, 0.4) is 0 Å². The quantitative estimate of drug-likeness (QED) is 0.848. The molecule has 2 fully saturated rings. The van der Waals surface area contributed by atoms with Crippen molar-refractivity contribution < 1.29 is 14.6 Å². The second kappa shape index (κ2) is 6.02. The van der Waals surface area contributed by atoms with E-state index in [9.17, 15) is 5.11 Å². The van der Waals surface area contributed by atoms with Crippen molar-refractivity contribution in [3.63, 3.8) is 0 Å². The van der Waals surface area contributed by atoms with Crippen LogP contribution in [-0.2, 0) is 11.8 Å². The lowest BCUT2D eigenvalue weighted by Crippen LogP contribution is -2.66. The van der Waals surface area contributed by atoms with Crippen molar-refractivity contribution >= 4 is 12.4 Å².